The van der Waals surface area contributed by atoms with Gasteiger partial charge in [0.2, 0.25) is 0 Å². The Morgan fingerprint density at radius 1 is 1.04 bits per heavy atom. The third-order valence-electron chi connectivity index (χ3n) is 5.42. The number of nitrogens with one attached hydrogen (secondary N) is 1. The Balaban J connectivity index is 1.81. The zero-order chi connectivity index (χ0) is 18.8. The molecule has 4 rings (SSSR count). The van der Waals surface area contributed by atoms with Crippen LogP contribution in [0.1, 0.15) is 48.0 Å². The van der Waals surface area contributed by atoms with Crippen molar-refractivity contribution in [3.63, 3.8) is 0 Å². The first-order valence-corrected chi connectivity index (χ1v) is 9.97. The topological polar surface area (TPSA) is 42.0 Å². The lowest BCUT2D eigenvalue weighted by molar-refractivity contribution is 0.0929. The highest BCUT2D eigenvalue weighted by atomic mass is 35.5. The normalized spacial score (nSPS) is 15.0. The Hall–Kier alpha value is -2.39. The van der Waals surface area contributed by atoms with Crippen molar-refractivity contribution in [1.29, 1.82) is 0 Å². The summed E-state index contributed by atoms with van der Waals surface area (Å²) in [7, 11) is 0. The first-order chi connectivity index (χ1) is 13.1. The van der Waals surface area contributed by atoms with E-state index in [1.165, 1.54) is 19.3 Å². The summed E-state index contributed by atoms with van der Waals surface area (Å²) in [6.07, 6.45) is 5.79. The van der Waals surface area contributed by atoms with E-state index in [2.05, 4.69) is 5.32 Å². The number of rotatable bonds is 3. The van der Waals surface area contributed by atoms with Crippen molar-refractivity contribution in [2.45, 2.75) is 45.1 Å². The summed E-state index contributed by atoms with van der Waals surface area (Å²) in [5.74, 6) is 0.00761. The van der Waals surface area contributed by atoms with Crippen LogP contribution in [-0.2, 0) is 0 Å². The summed E-state index contributed by atoms with van der Waals surface area (Å²) in [4.78, 5) is 18.1. The van der Waals surface area contributed by atoms with Gasteiger partial charge in [-0.15, -0.1) is 0 Å². The Kier molecular flexibility index (Phi) is 5.13. The molecule has 27 heavy (non-hydrogen) atoms. The average Bonchev–Trinajstić information content (AvgIpc) is 2.69. The molecule has 3 aromatic rings. The van der Waals surface area contributed by atoms with E-state index >= 15 is 0 Å². The number of benzene rings is 2. The van der Waals surface area contributed by atoms with Crippen LogP contribution in [0, 0.1) is 6.92 Å². The molecule has 1 saturated carbocycles. The van der Waals surface area contributed by atoms with Gasteiger partial charge >= 0.3 is 0 Å². The van der Waals surface area contributed by atoms with Crippen LogP contribution in [0.15, 0.2) is 48.5 Å². The van der Waals surface area contributed by atoms with E-state index in [9.17, 15) is 4.79 Å². The first-order valence-electron chi connectivity index (χ1n) is 9.59. The molecule has 2 aromatic carbocycles. The highest BCUT2D eigenvalue weighted by molar-refractivity contribution is 6.30. The molecule has 1 amide bonds. The Morgan fingerprint density at radius 2 is 1.74 bits per heavy atom. The van der Waals surface area contributed by atoms with E-state index < -0.39 is 0 Å². The maximum absolute atomic E-state index is 13.2. The van der Waals surface area contributed by atoms with Crippen LogP contribution in [-0.4, -0.2) is 16.9 Å². The molecule has 0 spiro atoms. The van der Waals surface area contributed by atoms with Gasteiger partial charge < -0.3 is 5.32 Å². The predicted octanol–water partition coefficient (Wildman–Crippen LogP) is 5.93. The van der Waals surface area contributed by atoms with Crippen LogP contribution >= 0.6 is 11.6 Å². The highest BCUT2D eigenvalue weighted by Crippen LogP contribution is 2.30. The van der Waals surface area contributed by atoms with Crippen LogP contribution in [0.2, 0.25) is 5.02 Å². The standard InChI is InChI=1S/C23H23ClN2O/c1-15-21(23(27)25-18-7-3-2-4-8-18)19-9-5-6-10-20(19)26-22(15)16-11-13-17(24)14-12-16/h5-6,9-14,18H,2-4,7-8H2,1H3,(H,25,27). The summed E-state index contributed by atoms with van der Waals surface area (Å²) in [6, 6.07) is 15.8. The minimum absolute atomic E-state index is 0.00761. The molecule has 1 aliphatic rings. The maximum Gasteiger partial charge on any atom is 0.252 e. The molecule has 0 radical (unpaired) electrons. The smallest absolute Gasteiger partial charge is 0.252 e. The van der Waals surface area contributed by atoms with Crippen molar-refractivity contribution in [1.82, 2.24) is 10.3 Å². The second-order valence-corrected chi connectivity index (χ2v) is 7.73. The van der Waals surface area contributed by atoms with Crippen molar-refractivity contribution >= 4 is 28.4 Å². The molecule has 1 fully saturated rings. The summed E-state index contributed by atoms with van der Waals surface area (Å²) in [6.45, 7) is 1.99. The van der Waals surface area contributed by atoms with Gasteiger partial charge in [0.25, 0.3) is 5.91 Å². The molecule has 3 nitrogen and oxygen atoms in total. The van der Waals surface area contributed by atoms with Gasteiger partial charge in [-0.3, -0.25) is 4.79 Å². The molecule has 1 heterocycles. The lowest BCUT2D eigenvalue weighted by Gasteiger charge is -2.24. The number of fused-ring (bicyclic) bond motifs is 1. The maximum atomic E-state index is 13.2. The number of aromatic nitrogens is 1. The van der Waals surface area contributed by atoms with Gasteiger partial charge in [0.15, 0.2) is 0 Å². The van der Waals surface area contributed by atoms with Crippen molar-refractivity contribution in [2.24, 2.45) is 0 Å². The zero-order valence-electron chi connectivity index (χ0n) is 15.5. The van der Waals surface area contributed by atoms with Crippen molar-refractivity contribution < 1.29 is 4.79 Å². The third kappa shape index (κ3) is 3.70. The number of pyridine rings is 1. The third-order valence-corrected chi connectivity index (χ3v) is 5.67. The van der Waals surface area contributed by atoms with Crippen molar-refractivity contribution in [3.8, 4) is 11.3 Å². The molecule has 0 atom stereocenters. The van der Waals surface area contributed by atoms with Gasteiger partial charge in [0, 0.05) is 22.0 Å². The van der Waals surface area contributed by atoms with Crippen LogP contribution in [0.3, 0.4) is 0 Å². The van der Waals surface area contributed by atoms with Gasteiger partial charge in [0.1, 0.15) is 0 Å². The lowest BCUT2D eigenvalue weighted by atomic mass is 9.93. The van der Waals surface area contributed by atoms with Crippen LogP contribution < -0.4 is 5.32 Å². The first kappa shape index (κ1) is 18.0. The monoisotopic (exact) mass is 378 g/mol. The quantitative estimate of drug-likeness (QED) is 0.614. The van der Waals surface area contributed by atoms with Crippen LogP contribution in [0.25, 0.3) is 22.2 Å². The molecule has 1 aromatic heterocycles. The van der Waals surface area contributed by atoms with Gasteiger partial charge in [-0.05, 0) is 43.5 Å². The van der Waals surface area contributed by atoms with E-state index in [1.807, 2.05) is 55.5 Å². The number of para-hydroxylation sites is 1. The van der Waals surface area contributed by atoms with Crippen molar-refractivity contribution in [2.75, 3.05) is 0 Å². The largest absolute Gasteiger partial charge is 0.349 e. The molecule has 0 aliphatic heterocycles. The Morgan fingerprint density at radius 3 is 2.48 bits per heavy atom. The molecule has 4 heteroatoms. The number of amides is 1. The molecule has 0 bridgehead atoms. The fourth-order valence-electron chi connectivity index (χ4n) is 3.99. The fourth-order valence-corrected chi connectivity index (χ4v) is 4.12. The van der Waals surface area contributed by atoms with E-state index in [1.54, 1.807) is 0 Å². The predicted molar refractivity (Wildman–Crippen MR) is 111 cm³/mol. The average molecular weight is 379 g/mol. The highest BCUT2D eigenvalue weighted by Gasteiger charge is 2.22. The molecule has 0 saturated heterocycles. The Bertz CT molecular complexity index is 976. The fraction of sp³-hybridized carbons (Fsp3) is 0.304. The van der Waals surface area contributed by atoms with E-state index in [4.69, 9.17) is 16.6 Å². The number of carbonyl (C=O) groups excluding carboxylic acids is 1. The minimum Gasteiger partial charge on any atom is -0.349 e. The second-order valence-electron chi connectivity index (χ2n) is 7.29. The number of hydrogen-bond acceptors (Lipinski definition) is 2. The van der Waals surface area contributed by atoms with E-state index in [0.717, 1.165) is 46.1 Å². The van der Waals surface area contributed by atoms with Gasteiger partial charge in [0.05, 0.1) is 16.8 Å². The minimum atomic E-state index is 0.00761. The summed E-state index contributed by atoms with van der Waals surface area (Å²) in [5, 5.41) is 4.86. The zero-order valence-corrected chi connectivity index (χ0v) is 16.2. The van der Waals surface area contributed by atoms with E-state index in [0.29, 0.717) is 5.02 Å². The number of hydrogen-bond donors (Lipinski definition) is 1. The number of nitrogens with zero attached hydrogens (tertiary/aromatic N) is 1. The SMILES string of the molecule is Cc1c(-c2ccc(Cl)cc2)nc2ccccc2c1C(=O)NC1CCCCC1. The molecule has 0 unspecified atom stereocenters. The van der Waals surface area contributed by atoms with Gasteiger partial charge in [-0.25, -0.2) is 4.98 Å². The number of halogens is 1. The van der Waals surface area contributed by atoms with Crippen LogP contribution in [0.5, 0.6) is 0 Å². The summed E-state index contributed by atoms with van der Waals surface area (Å²) >= 11 is 6.04. The molecule has 138 valence electrons. The van der Waals surface area contributed by atoms with Crippen molar-refractivity contribution in [3.05, 3.63) is 64.7 Å². The molecule has 1 aliphatic carbocycles. The van der Waals surface area contributed by atoms with E-state index in [-0.39, 0.29) is 11.9 Å². The molecular formula is C23H23ClN2O. The second kappa shape index (κ2) is 7.69. The summed E-state index contributed by atoms with van der Waals surface area (Å²) < 4.78 is 0. The van der Waals surface area contributed by atoms with Gasteiger partial charge in [-0.1, -0.05) is 61.2 Å². The van der Waals surface area contributed by atoms with Gasteiger partial charge in [-0.2, -0.15) is 0 Å². The lowest BCUT2D eigenvalue weighted by Crippen LogP contribution is -2.36. The molecule has 1 N–H and O–H groups in total. The summed E-state index contributed by atoms with van der Waals surface area (Å²) in [5.41, 5.74) is 4.27. The molecular weight excluding hydrogens is 356 g/mol. The number of carbonyl (C=O) groups is 1. The Labute approximate surface area is 164 Å². The van der Waals surface area contributed by atoms with Crippen LogP contribution in [0.4, 0.5) is 0 Å².